The number of nitrogens with zero attached hydrogens (tertiary/aromatic N) is 1. The van der Waals surface area contributed by atoms with Crippen LogP contribution < -0.4 is 15.8 Å². The highest BCUT2D eigenvalue weighted by atomic mass is 35.5. The van der Waals surface area contributed by atoms with Crippen molar-refractivity contribution in [2.24, 2.45) is 5.73 Å². The van der Waals surface area contributed by atoms with Crippen LogP contribution in [0.5, 0.6) is 0 Å². The highest BCUT2D eigenvalue weighted by molar-refractivity contribution is 7.89. The first-order valence-electron chi connectivity index (χ1n) is 9.98. The first kappa shape index (κ1) is 21.8. The number of fused-ring (bicyclic) bond motifs is 1. The van der Waals surface area contributed by atoms with Crippen molar-refractivity contribution in [2.75, 3.05) is 6.54 Å². The fraction of sp³-hybridized carbons (Fsp3) is 0.333. The molecular formula is C21H23ClN4O4S. The van der Waals surface area contributed by atoms with Gasteiger partial charge >= 0.3 is 0 Å². The molecule has 1 fully saturated rings. The number of halogens is 1. The van der Waals surface area contributed by atoms with Gasteiger partial charge in [-0.15, -0.1) is 0 Å². The van der Waals surface area contributed by atoms with Crippen molar-refractivity contribution < 1.29 is 18.0 Å². The highest BCUT2D eigenvalue weighted by Gasteiger charge is 2.43. The quantitative estimate of drug-likeness (QED) is 0.620. The van der Waals surface area contributed by atoms with Crippen LogP contribution in [0.15, 0.2) is 47.4 Å². The largest absolute Gasteiger partial charge is 0.350 e. The minimum atomic E-state index is -3.75. The van der Waals surface area contributed by atoms with Crippen LogP contribution in [-0.2, 0) is 32.7 Å². The van der Waals surface area contributed by atoms with Gasteiger partial charge in [0.2, 0.25) is 21.8 Å². The third-order valence-electron chi connectivity index (χ3n) is 5.72. The minimum absolute atomic E-state index is 0.101. The van der Waals surface area contributed by atoms with Crippen molar-refractivity contribution in [2.45, 2.75) is 42.9 Å². The summed E-state index contributed by atoms with van der Waals surface area (Å²) in [5.41, 5.74) is 7.86. The van der Waals surface area contributed by atoms with Crippen molar-refractivity contribution in [1.82, 2.24) is 14.9 Å². The molecule has 0 spiro atoms. The Hall–Kier alpha value is -2.46. The first-order chi connectivity index (χ1) is 14.8. The molecule has 0 radical (unpaired) electrons. The van der Waals surface area contributed by atoms with Gasteiger partial charge in [0.1, 0.15) is 12.1 Å². The van der Waals surface area contributed by atoms with Gasteiger partial charge in [-0.1, -0.05) is 35.9 Å². The molecule has 0 bridgehead atoms. The Bertz CT molecular complexity index is 1140. The second-order valence-corrected chi connectivity index (χ2v) is 9.74. The first-order valence-corrected chi connectivity index (χ1v) is 11.8. The van der Waals surface area contributed by atoms with Crippen molar-refractivity contribution in [3.63, 3.8) is 0 Å². The van der Waals surface area contributed by atoms with Gasteiger partial charge < -0.3 is 16.0 Å². The topological polar surface area (TPSA) is 122 Å². The summed E-state index contributed by atoms with van der Waals surface area (Å²) >= 11 is 6.06. The van der Waals surface area contributed by atoms with Crippen LogP contribution in [0.4, 0.5) is 0 Å². The molecule has 4 N–H and O–H groups in total. The Labute approximate surface area is 185 Å². The summed E-state index contributed by atoms with van der Waals surface area (Å²) < 4.78 is 27.2. The molecule has 0 aromatic heterocycles. The van der Waals surface area contributed by atoms with Gasteiger partial charge in [0.05, 0.1) is 4.90 Å². The van der Waals surface area contributed by atoms with Gasteiger partial charge in [-0.05, 0) is 47.7 Å². The molecule has 1 unspecified atom stereocenters. The highest BCUT2D eigenvalue weighted by Crippen LogP contribution is 2.33. The summed E-state index contributed by atoms with van der Waals surface area (Å²) in [6.45, 7) is 0.948. The third-order valence-corrected chi connectivity index (χ3v) is 7.45. The van der Waals surface area contributed by atoms with E-state index in [0.29, 0.717) is 36.5 Å². The number of hydrogen-bond acceptors (Lipinski definition) is 5. The molecule has 2 heterocycles. The van der Waals surface area contributed by atoms with E-state index >= 15 is 0 Å². The molecule has 10 heteroatoms. The Morgan fingerprint density at radius 2 is 1.97 bits per heavy atom. The summed E-state index contributed by atoms with van der Waals surface area (Å²) in [7, 11) is -3.75. The standard InChI is InChI=1S/C21H23ClN4O4S/c22-15-8-7-13(11-23)14(10-15)12-24-20(27)17-5-3-9-26(17)21(28)19-16-4-1-2-6-18(16)31(29,30)25-19/h1-2,4,6-8,10,17,19,25H,3,5,9,11-12,23H2,(H,24,27)/t17?,19-/m1/s1. The number of carbonyl (C=O) groups excluding carboxylic acids is 2. The zero-order valence-electron chi connectivity index (χ0n) is 16.7. The van der Waals surface area contributed by atoms with E-state index < -0.39 is 28.0 Å². The van der Waals surface area contributed by atoms with Gasteiger partial charge in [0, 0.05) is 24.7 Å². The number of amides is 2. The number of sulfonamides is 1. The van der Waals surface area contributed by atoms with E-state index in [-0.39, 0.29) is 17.3 Å². The molecular weight excluding hydrogens is 440 g/mol. The molecule has 8 nitrogen and oxygen atoms in total. The van der Waals surface area contributed by atoms with Crippen molar-refractivity contribution >= 4 is 33.4 Å². The predicted octanol–water partition coefficient (Wildman–Crippen LogP) is 1.44. The van der Waals surface area contributed by atoms with E-state index in [1.54, 1.807) is 30.3 Å². The van der Waals surface area contributed by atoms with E-state index in [1.165, 1.54) is 11.0 Å². The molecule has 2 amide bonds. The zero-order valence-corrected chi connectivity index (χ0v) is 18.2. The molecule has 1 saturated heterocycles. The van der Waals surface area contributed by atoms with Gasteiger partial charge in [-0.25, -0.2) is 8.42 Å². The Morgan fingerprint density at radius 3 is 2.74 bits per heavy atom. The maximum atomic E-state index is 13.2. The molecule has 2 atom stereocenters. The lowest BCUT2D eigenvalue weighted by atomic mass is 10.1. The van der Waals surface area contributed by atoms with E-state index in [0.717, 1.165) is 11.1 Å². The summed E-state index contributed by atoms with van der Waals surface area (Å²) in [6, 6.07) is 10.0. The molecule has 2 aromatic carbocycles. The lowest BCUT2D eigenvalue weighted by Crippen LogP contribution is -2.48. The van der Waals surface area contributed by atoms with Crippen LogP contribution in [-0.4, -0.2) is 37.7 Å². The van der Waals surface area contributed by atoms with Gasteiger partial charge in [-0.3, -0.25) is 9.59 Å². The summed E-state index contributed by atoms with van der Waals surface area (Å²) in [6.07, 6.45) is 1.17. The third kappa shape index (κ3) is 4.18. The Kier molecular flexibility index (Phi) is 6.02. The second kappa shape index (κ2) is 8.58. The lowest BCUT2D eigenvalue weighted by Gasteiger charge is -2.26. The molecule has 164 valence electrons. The number of nitrogens with two attached hydrogens (primary N) is 1. The van der Waals surface area contributed by atoms with Crippen LogP contribution in [0.25, 0.3) is 0 Å². The summed E-state index contributed by atoms with van der Waals surface area (Å²) in [5.74, 6) is -0.709. The molecule has 31 heavy (non-hydrogen) atoms. The van der Waals surface area contributed by atoms with Gasteiger partial charge in [0.15, 0.2) is 0 Å². The predicted molar refractivity (Wildman–Crippen MR) is 115 cm³/mol. The molecule has 0 saturated carbocycles. The molecule has 4 rings (SSSR count). The van der Waals surface area contributed by atoms with E-state index in [1.807, 2.05) is 6.07 Å². The average Bonchev–Trinajstić information content (AvgIpc) is 3.35. The number of nitrogens with one attached hydrogen (secondary N) is 2. The number of likely N-dealkylation sites (tertiary alicyclic amines) is 1. The SMILES string of the molecule is NCc1ccc(Cl)cc1CNC(=O)C1CCCN1C(=O)[C@@H]1NS(=O)(=O)c2ccccc21. The maximum Gasteiger partial charge on any atom is 0.246 e. The molecule has 2 aromatic rings. The lowest BCUT2D eigenvalue weighted by molar-refractivity contribution is -0.139. The van der Waals surface area contributed by atoms with Crippen molar-refractivity contribution in [3.05, 3.63) is 64.2 Å². The van der Waals surface area contributed by atoms with E-state index in [2.05, 4.69) is 10.0 Å². The Morgan fingerprint density at radius 1 is 1.19 bits per heavy atom. The van der Waals surface area contributed by atoms with E-state index in [9.17, 15) is 18.0 Å². The molecule has 2 aliphatic heterocycles. The van der Waals surface area contributed by atoms with Crippen LogP contribution in [0.2, 0.25) is 5.02 Å². The fourth-order valence-electron chi connectivity index (χ4n) is 4.16. The normalized spacial score (nSPS) is 21.7. The average molecular weight is 463 g/mol. The molecule has 2 aliphatic rings. The van der Waals surface area contributed by atoms with Crippen LogP contribution >= 0.6 is 11.6 Å². The second-order valence-electron chi connectivity index (χ2n) is 7.62. The Balaban J connectivity index is 1.49. The van der Waals surface area contributed by atoms with E-state index in [4.69, 9.17) is 17.3 Å². The zero-order chi connectivity index (χ0) is 22.2. The van der Waals surface area contributed by atoms with Gasteiger partial charge in [-0.2, -0.15) is 4.72 Å². The van der Waals surface area contributed by atoms with Gasteiger partial charge in [0.25, 0.3) is 0 Å². The summed E-state index contributed by atoms with van der Waals surface area (Å²) in [5, 5.41) is 3.42. The smallest absolute Gasteiger partial charge is 0.246 e. The van der Waals surface area contributed by atoms with Crippen molar-refractivity contribution in [1.29, 1.82) is 0 Å². The number of rotatable bonds is 5. The maximum absolute atomic E-state index is 13.2. The van der Waals surface area contributed by atoms with Crippen molar-refractivity contribution in [3.8, 4) is 0 Å². The monoisotopic (exact) mass is 462 g/mol. The number of benzene rings is 2. The number of carbonyl (C=O) groups is 2. The summed E-state index contributed by atoms with van der Waals surface area (Å²) in [4.78, 5) is 27.7. The number of hydrogen-bond donors (Lipinski definition) is 3. The van der Waals surface area contributed by atoms with Crippen LogP contribution in [0.3, 0.4) is 0 Å². The van der Waals surface area contributed by atoms with Crippen LogP contribution in [0.1, 0.15) is 35.6 Å². The minimum Gasteiger partial charge on any atom is -0.350 e. The van der Waals surface area contributed by atoms with Crippen LogP contribution in [0, 0.1) is 0 Å². The fourth-order valence-corrected chi connectivity index (χ4v) is 5.77. The molecule has 0 aliphatic carbocycles.